The summed E-state index contributed by atoms with van der Waals surface area (Å²) in [5.41, 5.74) is 2.61. The number of ether oxygens (including phenoxy) is 1. The van der Waals surface area contributed by atoms with Crippen molar-refractivity contribution < 1.29 is 9.13 Å². The van der Waals surface area contributed by atoms with Gasteiger partial charge in [-0.2, -0.15) is 4.98 Å². The summed E-state index contributed by atoms with van der Waals surface area (Å²) < 4.78 is 18.8. The minimum atomic E-state index is -0.370. The number of aromatic nitrogens is 4. The summed E-state index contributed by atoms with van der Waals surface area (Å²) in [6, 6.07) is 17.2. The number of nitrogens with one attached hydrogen (secondary N) is 2. The molecule has 0 saturated carbocycles. The maximum atomic E-state index is 13.2. The van der Waals surface area contributed by atoms with Gasteiger partial charge >= 0.3 is 6.01 Å². The van der Waals surface area contributed by atoms with E-state index in [2.05, 4.69) is 20.2 Å². The van der Waals surface area contributed by atoms with Crippen LogP contribution in [0.25, 0.3) is 22.5 Å². The van der Waals surface area contributed by atoms with E-state index in [-0.39, 0.29) is 17.4 Å². The van der Waals surface area contributed by atoms with Crippen molar-refractivity contribution in [2.24, 2.45) is 0 Å². The number of halogens is 1. The Bertz CT molecular complexity index is 1100. The van der Waals surface area contributed by atoms with Crippen LogP contribution in [0.2, 0.25) is 0 Å². The highest BCUT2D eigenvalue weighted by Gasteiger charge is 2.16. The third-order valence-electron chi connectivity index (χ3n) is 4.01. The summed E-state index contributed by atoms with van der Waals surface area (Å²) in [5, 5.41) is 5.38. The lowest BCUT2D eigenvalue weighted by Crippen LogP contribution is -2.02. The minimum Gasteiger partial charge on any atom is -0.459 e. The SMILES string of the molecule is O=c1[nH][nH]c(-c2ccnc(OCc3ccccc3)n2)c1-c1ccc(F)cc1. The zero-order valence-electron chi connectivity index (χ0n) is 14.1. The standard InChI is InChI=1S/C20H15FN4O2/c21-15-8-6-14(7-9-15)17-18(24-25-19(17)26)16-10-11-22-20(23-16)27-12-13-4-2-1-3-5-13/h1-11H,12H2,(H2,24,25,26). The lowest BCUT2D eigenvalue weighted by atomic mass is 10.0. The van der Waals surface area contributed by atoms with E-state index in [0.717, 1.165) is 5.56 Å². The second kappa shape index (κ2) is 7.25. The average molecular weight is 362 g/mol. The molecule has 134 valence electrons. The molecule has 0 amide bonds. The molecular weight excluding hydrogens is 347 g/mol. The Labute approximate surface area is 153 Å². The molecule has 4 aromatic rings. The molecule has 0 saturated heterocycles. The molecule has 2 aromatic heterocycles. The Balaban J connectivity index is 1.65. The average Bonchev–Trinajstić information content (AvgIpc) is 3.10. The van der Waals surface area contributed by atoms with Crippen molar-refractivity contribution in [3.63, 3.8) is 0 Å². The largest absolute Gasteiger partial charge is 0.459 e. The number of aromatic amines is 2. The van der Waals surface area contributed by atoms with Gasteiger partial charge in [-0.3, -0.25) is 15.0 Å². The fraction of sp³-hybridized carbons (Fsp3) is 0.0500. The van der Waals surface area contributed by atoms with Crippen molar-refractivity contribution in [3.8, 4) is 28.5 Å². The Hall–Kier alpha value is -3.74. The topological polar surface area (TPSA) is 83.7 Å². The predicted octanol–water partition coefficient (Wildman–Crippen LogP) is 3.55. The third kappa shape index (κ3) is 3.62. The van der Waals surface area contributed by atoms with Gasteiger partial charge in [-0.1, -0.05) is 42.5 Å². The van der Waals surface area contributed by atoms with E-state index in [1.807, 2.05) is 30.3 Å². The highest BCUT2D eigenvalue weighted by molar-refractivity contribution is 5.78. The first-order valence-corrected chi connectivity index (χ1v) is 8.27. The molecular formula is C20H15FN4O2. The summed E-state index contributed by atoms with van der Waals surface area (Å²) in [4.78, 5) is 20.7. The normalized spacial score (nSPS) is 10.7. The maximum absolute atomic E-state index is 13.2. The van der Waals surface area contributed by atoms with Crippen molar-refractivity contribution >= 4 is 0 Å². The van der Waals surface area contributed by atoms with Crippen LogP contribution in [0.4, 0.5) is 4.39 Å². The Morgan fingerprint density at radius 3 is 2.52 bits per heavy atom. The van der Waals surface area contributed by atoms with E-state index < -0.39 is 0 Å². The molecule has 0 aliphatic carbocycles. The first-order valence-electron chi connectivity index (χ1n) is 8.27. The number of H-pyrrole nitrogens is 2. The molecule has 0 bridgehead atoms. The number of benzene rings is 2. The molecule has 0 unspecified atom stereocenters. The van der Waals surface area contributed by atoms with E-state index >= 15 is 0 Å². The fourth-order valence-corrected chi connectivity index (χ4v) is 2.71. The fourth-order valence-electron chi connectivity index (χ4n) is 2.71. The van der Waals surface area contributed by atoms with Crippen LogP contribution >= 0.6 is 0 Å². The Kier molecular flexibility index (Phi) is 4.49. The molecule has 0 fully saturated rings. The number of hydrogen-bond donors (Lipinski definition) is 2. The van der Waals surface area contributed by atoms with Crippen molar-refractivity contribution in [1.82, 2.24) is 20.2 Å². The second-order valence-corrected chi connectivity index (χ2v) is 5.83. The molecule has 2 aromatic carbocycles. The summed E-state index contributed by atoms with van der Waals surface area (Å²) in [6.07, 6.45) is 1.56. The molecule has 2 heterocycles. The highest BCUT2D eigenvalue weighted by Crippen LogP contribution is 2.27. The summed E-state index contributed by atoms with van der Waals surface area (Å²) in [7, 11) is 0. The molecule has 0 atom stereocenters. The quantitative estimate of drug-likeness (QED) is 0.569. The lowest BCUT2D eigenvalue weighted by Gasteiger charge is -2.06. The van der Waals surface area contributed by atoms with E-state index in [1.54, 1.807) is 24.4 Å². The van der Waals surface area contributed by atoms with Crippen LogP contribution in [0.15, 0.2) is 71.7 Å². The zero-order valence-corrected chi connectivity index (χ0v) is 14.1. The highest BCUT2D eigenvalue weighted by atomic mass is 19.1. The van der Waals surface area contributed by atoms with Crippen molar-refractivity contribution in [1.29, 1.82) is 0 Å². The molecule has 4 rings (SSSR count). The maximum Gasteiger partial charge on any atom is 0.317 e. The van der Waals surface area contributed by atoms with Crippen LogP contribution in [0.5, 0.6) is 6.01 Å². The van der Waals surface area contributed by atoms with Crippen LogP contribution in [0.3, 0.4) is 0 Å². The van der Waals surface area contributed by atoms with E-state index in [4.69, 9.17) is 4.74 Å². The zero-order chi connectivity index (χ0) is 18.6. The number of hydrogen-bond acceptors (Lipinski definition) is 4. The van der Waals surface area contributed by atoms with Gasteiger partial charge in [0, 0.05) is 6.20 Å². The Morgan fingerprint density at radius 2 is 1.74 bits per heavy atom. The molecule has 0 radical (unpaired) electrons. The van der Waals surface area contributed by atoms with Crippen molar-refractivity contribution in [3.05, 3.63) is 88.6 Å². The summed E-state index contributed by atoms with van der Waals surface area (Å²) in [6.45, 7) is 0.332. The van der Waals surface area contributed by atoms with Gasteiger partial charge in [0.1, 0.15) is 12.4 Å². The van der Waals surface area contributed by atoms with Gasteiger partial charge in [0.2, 0.25) is 0 Å². The molecule has 0 aliphatic heterocycles. The monoisotopic (exact) mass is 362 g/mol. The molecule has 6 nitrogen and oxygen atoms in total. The lowest BCUT2D eigenvalue weighted by molar-refractivity contribution is 0.281. The van der Waals surface area contributed by atoms with Crippen LogP contribution in [0, 0.1) is 5.82 Å². The van der Waals surface area contributed by atoms with Crippen LogP contribution in [-0.2, 0) is 6.61 Å². The summed E-state index contributed by atoms with van der Waals surface area (Å²) >= 11 is 0. The summed E-state index contributed by atoms with van der Waals surface area (Å²) in [5.74, 6) is -0.370. The molecule has 0 aliphatic rings. The van der Waals surface area contributed by atoms with Gasteiger partial charge in [0.25, 0.3) is 5.56 Å². The third-order valence-corrected chi connectivity index (χ3v) is 4.01. The number of rotatable bonds is 5. The van der Waals surface area contributed by atoms with Gasteiger partial charge in [-0.15, -0.1) is 0 Å². The van der Waals surface area contributed by atoms with Crippen LogP contribution < -0.4 is 10.3 Å². The van der Waals surface area contributed by atoms with Gasteiger partial charge < -0.3 is 4.74 Å². The van der Waals surface area contributed by atoms with Crippen LogP contribution in [-0.4, -0.2) is 20.2 Å². The smallest absolute Gasteiger partial charge is 0.317 e. The van der Waals surface area contributed by atoms with Gasteiger partial charge in [-0.25, -0.2) is 9.37 Å². The second-order valence-electron chi connectivity index (χ2n) is 5.83. The van der Waals surface area contributed by atoms with Crippen molar-refractivity contribution in [2.75, 3.05) is 0 Å². The minimum absolute atomic E-state index is 0.198. The molecule has 7 heteroatoms. The van der Waals surface area contributed by atoms with Gasteiger partial charge in [-0.05, 0) is 29.3 Å². The number of nitrogens with zero attached hydrogens (tertiary/aromatic N) is 2. The van der Waals surface area contributed by atoms with Gasteiger partial charge in [0.05, 0.1) is 17.0 Å². The first kappa shape index (κ1) is 16.7. The Morgan fingerprint density at radius 1 is 0.963 bits per heavy atom. The van der Waals surface area contributed by atoms with E-state index in [9.17, 15) is 9.18 Å². The van der Waals surface area contributed by atoms with E-state index in [0.29, 0.717) is 29.1 Å². The first-order chi connectivity index (χ1) is 13.2. The molecule has 27 heavy (non-hydrogen) atoms. The molecule has 0 spiro atoms. The molecule has 2 N–H and O–H groups in total. The predicted molar refractivity (Wildman–Crippen MR) is 98.6 cm³/mol. The van der Waals surface area contributed by atoms with E-state index in [1.165, 1.54) is 12.1 Å². The van der Waals surface area contributed by atoms with Crippen LogP contribution in [0.1, 0.15) is 5.56 Å². The van der Waals surface area contributed by atoms with Gasteiger partial charge in [0.15, 0.2) is 0 Å². The van der Waals surface area contributed by atoms with Crippen molar-refractivity contribution in [2.45, 2.75) is 6.61 Å².